The predicted molar refractivity (Wildman–Crippen MR) is 91.0 cm³/mol. The number of thioether (sulfide) groups is 1. The number of sulfonamides is 1. The van der Waals surface area contributed by atoms with E-state index in [1.165, 1.54) is 16.8 Å². The number of hydrazine groups is 1. The van der Waals surface area contributed by atoms with E-state index in [0.717, 1.165) is 0 Å². The molecule has 1 rings (SSSR count). The molecule has 0 fully saturated rings. The lowest BCUT2D eigenvalue weighted by Gasteiger charge is -2.31. The molecule has 1 unspecified atom stereocenters. The minimum absolute atomic E-state index is 0.0254. The molecule has 0 aromatic carbocycles. The predicted octanol–water partition coefficient (Wildman–Crippen LogP) is 2.87. The molecule has 0 saturated carbocycles. The van der Waals surface area contributed by atoms with Crippen LogP contribution >= 0.6 is 23.4 Å². The lowest BCUT2D eigenvalue weighted by Crippen LogP contribution is -2.50. The average Bonchev–Trinajstić information content (AvgIpc) is 2.64. The number of hydrogen-bond acceptors (Lipinski definition) is 5. The van der Waals surface area contributed by atoms with E-state index in [4.69, 9.17) is 11.6 Å². The molecule has 0 aromatic heterocycles. The Bertz CT molecular complexity index is 493. The Labute approximate surface area is 137 Å². The van der Waals surface area contributed by atoms with Crippen molar-refractivity contribution in [3.05, 3.63) is 10.6 Å². The molecule has 124 valence electrons. The van der Waals surface area contributed by atoms with Gasteiger partial charge in [0.1, 0.15) is 5.16 Å². The Morgan fingerprint density at radius 1 is 1.19 bits per heavy atom. The van der Waals surface area contributed by atoms with Crippen molar-refractivity contribution in [3.63, 3.8) is 0 Å². The molecule has 5 nitrogen and oxygen atoms in total. The van der Waals surface area contributed by atoms with Gasteiger partial charge in [0.2, 0.25) is 14.7 Å². The Balaban J connectivity index is 2.76. The molecule has 0 spiro atoms. The molecule has 0 saturated heterocycles. The molecule has 2 N–H and O–H groups in total. The van der Waals surface area contributed by atoms with Crippen LogP contribution in [0.2, 0.25) is 0 Å². The van der Waals surface area contributed by atoms with Gasteiger partial charge in [-0.25, -0.2) is 18.6 Å². The Kier molecular flexibility index (Phi) is 6.06. The first-order chi connectivity index (χ1) is 9.32. The summed E-state index contributed by atoms with van der Waals surface area (Å²) in [5.74, 6) is 0. The van der Waals surface area contributed by atoms with Crippen molar-refractivity contribution in [3.8, 4) is 0 Å². The molecule has 0 aliphatic carbocycles. The summed E-state index contributed by atoms with van der Waals surface area (Å²) in [4.78, 5) is 0. The van der Waals surface area contributed by atoms with Crippen molar-refractivity contribution in [1.82, 2.24) is 15.2 Å². The highest BCUT2D eigenvalue weighted by Crippen LogP contribution is 2.34. The topological polar surface area (TPSA) is 61.4 Å². The van der Waals surface area contributed by atoms with Crippen LogP contribution in [0.15, 0.2) is 10.6 Å². The van der Waals surface area contributed by atoms with Gasteiger partial charge in [-0.05, 0) is 10.8 Å². The molecule has 0 bridgehead atoms. The normalized spacial score (nSPS) is 20.8. The minimum atomic E-state index is -3.50. The van der Waals surface area contributed by atoms with Gasteiger partial charge in [-0.2, -0.15) is 0 Å². The summed E-state index contributed by atoms with van der Waals surface area (Å²) in [7, 11) is -3.50. The van der Waals surface area contributed by atoms with Gasteiger partial charge >= 0.3 is 0 Å². The molecular formula is C13H26ClN3O2S2. The van der Waals surface area contributed by atoms with Gasteiger partial charge in [0.05, 0.1) is 0 Å². The summed E-state index contributed by atoms with van der Waals surface area (Å²) in [5, 5.41) is 3.57. The molecule has 1 atom stereocenters. The van der Waals surface area contributed by atoms with E-state index < -0.39 is 14.7 Å². The first-order valence-corrected chi connectivity index (χ1v) is 9.71. The number of nitrogens with zero attached hydrogens (tertiary/aromatic N) is 1. The maximum atomic E-state index is 12.5. The van der Waals surface area contributed by atoms with Gasteiger partial charge in [0, 0.05) is 18.5 Å². The lowest BCUT2D eigenvalue weighted by atomic mass is 9.97. The summed E-state index contributed by atoms with van der Waals surface area (Å²) in [6.45, 7) is 13.2. The minimum Gasteiger partial charge on any atom is -0.267 e. The smallest absolute Gasteiger partial charge is 0.244 e. The lowest BCUT2D eigenvalue weighted by molar-refractivity contribution is 0.229. The summed E-state index contributed by atoms with van der Waals surface area (Å²) in [6, 6.07) is 0. The van der Waals surface area contributed by atoms with Gasteiger partial charge in [0.15, 0.2) is 0 Å². The first kappa shape index (κ1) is 19.1. The standard InChI is InChI=1S/C13H26ClN3O2S2/c1-12(2,3)8-15-17-10(14)7-20-11(17)21(18,19)16-9-13(4,5)6/h7,11,15-16H,8-9H2,1-6H3. The van der Waals surface area contributed by atoms with Crippen LogP contribution in [0, 0.1) is 10.8 Å². The maximum Gasteiger partial charge on any atom is 0.244 e. The van der Waals surface area contributed by atoms with Crippen molar-refractivity contribution in [2.75, 3.05) is 13.1 Å². The van der Waals surface area contributed by atoms with Crippen molar-refractivity contribution in [1.29, 1.82) is 0 Å². The maximum absolute atomic E-state index is 12.5. The quantitative estimate of drug-likeness (QED) is 0.742. The second kappa shape index (κ2) is 6.66. The second-order valence-electron chi connectivity index (χ2n) is 7.58. The fourth-order valence-corrected chi connectivity index (χ4v) is 4.68. The van der Waals surface area contributed by atoms with Crippen LogP contribution in [-0.4, -0.2) is 31.2 Å². The molecule has 0 aromatic rings. The van der Waals surface area contributed by atoms with E-state index in [0.29, 0.717) is 18.2 Å². The third kappa shape index (κ3) is 6.36. The summed E-state index contributed by atoms with van der Waals surface area (Å²) < 4.78 is 26.8. The van der Waals surface area contributed by atoms with Gasteiger partial charge in [0.25, 0.3) is 0 Å². The van der Waals surface area contributed by atoms with Gasteiger partial charge in [-0.15, -0.1) is 0 Å². The first-order valence-electron chi connectivity index (χ1n) is 6.84. The third-order valence-corrected chi connectivity index (χ3v) is 6.18. The van der Waals surface area contributed by atoms with Crippen LogP contribution in [0.1, 0.15) is 41.5 Å². The fourth-order valence-electron chi connectivity index (χ4n) is 1.41. The molecule has 0 amide bonds. The zero-order valence-corrected chi connectivity index (χ0v) is 15.9. The Morgan fingerprint density at radius 2 is 1.71 bits per heavy atom. The molecule has 8 heteroatoms. The molecule has 1 heterocycles. The van der Waals surface area contributed by atoms with Crippen LogP contribution in [0.5, 0.6) is 0 Å². The van der Waals surface area contributed by atoms with E-state index in [9.17, 15) is 8.42 Å². The SMILES string of the molecule is CC(C)(C)CNN1C(Cl)=CSC1S(=O)(=O)NCC(C)(C)C. The van der Waals surface area contributed by atoms with Crippen LogP contribution in [0.4, 0.5) is 0 Å². The molecule has 1 aliphatic rings. The number of hydrogen-bond donors (Lipinski definition) is 2. The molecule has 0 radical (unpaired) electrons. The molecule has 1 aliphatic heterocycles. The highest BCUT2D eigenvalue weighted by Gasteiger charge is 2.37. The highest BCUT2D eigenvalue weighted by molar-refractivity contribution is 8.14. The fraction of sp³-hybridized carbons (Fsp3) is 0.846. The van der Waals surface area contributed by atoms with Crippen molar-refractivity contribution in [2.24, 2.45) is 10.8 Å². The van der Waals surface area contributed by atoms with E-state index in [1.807, 2.05) is 20.8 Å². The van der Waals surface area contributed by atoms with Crippen LogP contribution in [0.25, 0.3) is 0 Å². The Morgan fingerprint density at radius 3 is 2.19 bits per heavy atom. The Hall–Kier alpha value is 0.0500. The zero-order valence-electron chi connectivity index (χ0n) is 13.5. The van der Waals surface area contributed by atoms with Crippen molar-refractivity contribution >= 4 is 33.4 Å². The summed E-state index contributed by atoms with van der Waals surface area (Å²) in [5.41, 5.74) is 3.03. The zero-order chi connectivity index (χ0) is 16.5. The molecule has 21 heavy (non-hydrogen) atoms. The van der Waals surface area contributed by atoms with Gasteiger partial charge in [-0.1, -0.05) is 64.9 Å². The van der Waals surface area contributed by atoms with E-state index in [1.54, 1.807) is 5.41 Å². The van der Waals surface area contributed by atoms with Crippen LogP contribution < -0.4 is 10.1 Å². The highest BCUT2D eigenvalue weighted by atomic mass is 35.5. The van der Waals surface area contributed by atoms with Gasteiger partial charge in [-0.3, -0.25) is 5.01 Å². The number of halogens is 1. The van der Waals surface area contributed by atoms with E-state index in [2.05, 4.69) is 30.9 Å². The number of rotatable bonds is 5. The van der Waals surface area contributed by atoms with Crippen molar-refractivity contribution in [2.45, 2.75) is 46.2 Å². The summed E-state index contributed by atoms with van der Waals surface area (Å²) in [6.07, 6.45) is 0. The second-order valence-corrected chi connectivity index (χ2v) is 11.0. The monoisotopic (exact) mass is 355 g/mol. The largest absolute Gasteiger partial charge is 0.267 e. The van der Waals surface area contributed by atoms with Gasteiger partial charge < -0.3 is 0 Å². The van der Waals surface area contributed by atoms with Crippen LogP contribution in [0.3, 0.4) is 0 Å². The average molecular weight is 356 g/mol. The number of nitrogens with one attached hydrogen (secondary N) is 2. The van der Waals surface area contributed by atoms with Crippen molar-refractivity contribution < 1.29 is 8.42 Å². The summed E-state index contributed by atoms with van der Waals surface area (Å²) >= 11 is 7.30. The molecular weight excluding hydrogens is 330 g/mol. The third-order valence-electron chi connectivity index (χ3n) is 2.57. The van der Waals surface area contributed by atoms with E-state index >= 15 is 0 Å². The van der Waals surface area contributed by atoms with Crippen LogP contribution in [-0.2, 0) is 10.0 Å². The van der Waals surface area contributed by atoms with E-state index in [-0.39, 0.29) is 10.8 Å².